The first-order valence-corrected chi connectivity index (χ1v) is 10.7. The number of benzene rings is 1. The normalized spacial score (nSPS) is 17.6. The monoisotopic (exact) mass is 448 g/mol. The van der Waals surface area contributed by atoms with E-state index in [1.54, 1.807) is 24.3 Å². The Bertz CT molecular complexity index is 870. The Hall–Kier alpha value is -2.46. The van der Waals surface area contributed by atoms with Crippen molar-refractivity contribution in [3.63, 3.8) is 0 Å². The average Bonchev–Trinajstić information content (AvgIpc) is 2.77. The molecule has 1 aromatic carbocycles. The van der Waals surface area contributed by atoms with Gasteiger partial charge in [0.05, 0.1) is 11.2 Å². The van der Waals surface area contributed by atoms with E-state index in [0.29, 0.717) is 16.7 Å². The maximum atomic E-state index is 11.4. The van der Waals surface area contributed by atoms with E-state index in [0.717, 1.165) is 39.3 Å². The predicted octanol–water partition coefficient (Wildman–Crippen LogP) is 1.89. The molecule has 2 aliphatic rings. The highest BCUT2D eigenvalue weighted by molar-refractivity contribution is 6.32. The number of hydrogen-bond donors (Lipinski definition) is 2. The van der Waals surface area contributed by atoms with Crippen LogP contribution in [-0.4, -0.2) is 97.3 Å². The number of likely N-dealkylation sites (N-methyl/N-ethyl adjacent to an activating group) is 2. The molecule has 0 atom stereocenters. The van der Waals surface area contributed by atoms with Gasteiger partial charge >= 0.3 is 5.97 Å². The first-order valence-electron chi connectivity index (χ1n) is 10.3. The molecule has 10 heteroatoms. The molecular formula is C21H29ClN6O3. The van der Waals surface area contributed by atoms with E-state index >= 15 is 0 Å². The SMILES string of the molecule is CN1CCN(c2ncc(C(=O)O)c(Oc3ccccc3Cl)n2)CC1.CN1CCNCC1. The van der Waals surface area contributed by atoms with Crippen LogP contribution in [0.2, 0.25) is 5.02 Å². The number of carboxylic acid groups (broad SMARTS) is 1. The number of carbonyl (C=O) groups is 1. The van der Waals surface area contributed by atoms with Crippen molar-refractivity contribution in [1.29, 1.82) is 0 Å². The molecule has 0 saturated carbocycles. The summed E-state index contributed by atoms with van der Waals surface area (Å²) in [7, 11) is 4.21. The summed E-state index contributed by atoms with van der Waals surface area (Å²) < 4.78 is 5.65. The molecule has 168 valence electrons. The van der Waals surface area contributed by atoms with Crippen LogP contribution >= 0.6 is 11.6 Å². The lowest BCUT2D eigenvalue weighted by atomic mass is 10.3. The van der Waals surface area contributed by atoms with Crippen molar-refractivity contribution in [3.05, 3.63) is 41.0 Å². The topological polar surface area (TPSA) is 94.1 Å². The minimum Gasteiger partial charge on any atom is -0.477 e. The minimum absolute atomic E-state index is 0.0143. The third kappa shape index (κ3) is 6.76. The van der Waals surface area contributed by atoms with Crippen molar-refractivity contribution >= 4 is 23.5 Å². The van der Waals surface area contributed by atoms with Gasteiger partial charge in [-0.2, -0.15) is 4.98 Å². The Morgan fingerprint density at radius 1 is 1.06 bits per heavy atom. The number of hydrogen-bond acceptors (Lipinski definition) is 8. The van der Waals surface area contributed by atoms with Crippen molar-refractivity contribution in [2.45, 2.75) is 0 Å². The molecule has 2 fully saturated rings. The molecular weight excluding hydrogens is 420 g/mol. The molecule has 0 unspecified atom stereocenters. The molecule has 0 aliphatic carbocycles. The first kappa shape index (κ1) is 23.2. The van der Waals surface area contributed by atoms with E-state index < -0.39 is 5.97 Å². The number of ether oxygens (including phenoxy) is 1. The van der Waals surface area contributed by atoms with Crippen LogP contribution < -0.4 is 15.0 Å². The Labute approximate surface area is 187 Å². The van der Waals surface area contributed by atoms with Crippen LogP contribution in [0.1, 0.15) is 10.4 Å². The molecule has 0 amide bonds. The van der Waals surface area contributed by atoms with Gasteiger partial charge in [0.2, 0.25) is 11.8 Å². The van der Waals surface area contributed by atoms with Crippen LogP contribution in [-0.2, 0) is 0 Å². The summed E-state index contributed by atoms with van der Waals surface area (Å²) in [6.45, 7) is 8.07. The predicted molar refractivity (Wildman–Crippen MR) is 121 cm³/mol. The van der Waals surface area contributed by atoms with E-state index in [2.05, 4.69) is 39.2 Å². The summed E-state index contributed by atoms with van der Waals surface area (Å²) in [6.07, 6.45) is 1.27. The van der Waals surface area contributed by atoms with E-state index in [1.165, 1.54) is 19.3 Å². The minimum atomic E-state index is -1.15. The van der Waals surface area contributed by atoms with Gasteiger partial charge in [-0.05, 0) is 26.2 Å². The molecule has 0 bridgehead atoms. The molecule has 4 rings (SSSR count). The highest BCUT2D eigenvalue weighted by atomic mass is 35.5. The van der Waals surface area contributed by atoms with Crippen LogP contribution in [0.5, 0.6) is 11.6 Å². The highest BCUT2D eigenvalue weighted by Crippen LogP contribution is 2.30. The van der Waals surface area contributed by atoms with Crippen LogP contribution in [0, 0.1) is 0 Å². The quantitative estimate of drug-likeness (QED) is 0.727. The van der Waals surface area contributed by atoms with Crippen LogP contribution in [0.25, 0.3) is 0 Å². The molecule has 9 nitrogen and oxygen atoms in total. The average molecular weight is 449 g/mol. The summed E-state index contributed by atoms with van der Waals surface area (Å²) in [4.78, 5) is 26.5. The van der Waals surface area contributed by atoms with E-state index in [9.17, 15) is 9.90 Å². The maximum Gasteiger partial charge on any atom is 0.342 e. The number of nitrogens with zero attached hydrogens (tertiary/aromatic N) is 5. The lowest BCUT2D eigenvalue weighted by molar-refractivity contribution is 0.0693. The van der Waals surface area contributed by atoms with Gasteiger partial charge in [-0.3, -0.25) is 0 Å². The fraction of sp³-hybridized carbons (Fsp3) is 0.476. The van der Waals surface area contributed by atoms with Gasteiger partial charge < -0.3 is 29.9 Å². The van der Waals surface area contributed by atoms with Gasteiger partial charge in [-0.15, -0.1) is 0 Å². The zero-order valence-corrected chi connectivity index (χ0v) is 18.7. The number of para-hydroxylation sites is 1. The molecule has 3 heterocycles. The van der Waals surface area contributed by atoms with Crippen molar-refractivity contribution in [1.82, 2.24) is 25.1 Å². The molecule has 2 saturated heterocycles. The zero-order chi connectivity index (χ0) is 22.2. The van der Waals surface area contributed by atoms with Crippen molar-refractivity contribution < 1.29 is 14.6 Å². The first-order chi connectivity index (χ1) is 14.9. The number of halogens is 1. The molecule has 2 N–H and O–H groups in total. The Balaban J connectivity index is 0.000000330. The second-order valence-corrected chi connectivity index (χ2v) is 7.98. The number of aromatic nitrogens is 2. The standard InChI is InChI=1S/C16H17ClN4O3.C5H12N2/c1-20-6-8-21(9-7-20)16-18-10-11(15(22)23)14(19-16)24-13-5-3-2-4-12(13)17;1-7-4-2-6-3-5-7/h2-5,10H,6-9H2,1H3,(H,22,23);6H,2-5H2,1H3. The van der Waals surface area contributed by atoms with E-state index in [-0.39, 0.29) is 11.4 Å². The number of nitrogens with one attached hydrogen (secondary N) is 1. The second-order valence-electron chi connectivity index (χ2n) is 7.57. The van der Waals surface area contributed by atoms with Gasteiger partial charge in [-0.1, -0.05) is 23.7 Å². The smallest absolute Gasteiger partial charge is 0.342 e. The third-order valence-electron chi connectivity index (χ3n) is 5.14. The summed E-state index contributed by atoms with van der Waals surface area (Å²) in [5, 5.41) is 13.0. The van der Waals surface area contributed by atoms with Crippen molar-refractivity contribution in [3.8, 4) is 11.6 Å². The second kappa shape index (κ2) is 11.2. The van der Waals surface area contributed by atoms with Crippen LogP contribution in [0.4, 0.5) is 5.95 Å². The molecule has 31 heavy (non-hydrogen) atoms. The molecule has 0 radical (unpaired) electrons. The van der Waals surface area contributed by atoms with Gasteiger partial charge in [0, 0.05) is 52.4 Å². The number of piperazine rings is 2. The van der Waals surface area contributed by atoms with E-state index in [4.69, 9.17) is 16.3 Å². The third-order valence-corrected chi connectivity index (χ3v) is 5.45. The molecule has 2 aliphatic heterocycles. The summed E-state index contributed by atoms with van der Waals surface area (Å²) >= 11 is 6.08. The maximum absolute atomic E-state index is 11.4. The Morgan fingerprint density at radius 3 is 2.29 bits per heavy atom. The number of aromatic carboxylic acids is 1. The van der Waals surface area contributed by atoms with Gasteiger partial charge in [0.15, 0.2) is 0 Å². The van der Waals surface area contributed by atoms with Gasteiger partial charge in [0.1, 0.15) is 11.3 Å². The Morgan fingerprint density at radius 2 is 1.71 bits per heavy atom. The molecule has 0 spiro atoms. The largest absolute Gasteiger partial charge is 0.477 e. The Kier molecular flexibility index (Phi) is 8.42. The van der Waals surface area contributed by atoms with Crippen LogP contribution in [0.15, 0.2) is 30.5 Å². The van der Waals surface area contributed by atoms with Crippen molar-refractivity contribution in [2.24, 2.45) is 0 Å². The summed E-state index contributed by atoms with van der Waals surface area (Å²) in [5.74, 6) is -0.360. The number of anilines is 1. The highest BCUT2D eigenvalue weighted by Gasteiger charge is 2.21. The number of carboxylic acids is 1. The van der Waals surface area contributed by atoms with E-state index in [1.807, 2.05) is 4.90 Å². The lowest BCUT2D eigenvalue weighted by Gasteiger charge is -2.32. The fourth-order valence-electron chi connectivity index (χ4n) is 3.15. The van der Waals surface area contributed by atoms with Crippen molar-refractivity contribution in [2.75, 3.05) is 71.4 Å². The fourth-order valence-corrected chi connectivity index (χ4v) is 3.32. The van der Waals surface area contributed by atoms with Gasteiger partial charge in [-0.25, -0.2) is 9.78 Å². The molecule has 1 aromatic heterocycles. The number of rotatable bonds is 4. The van der Waals surface area contributed by atoms with Crippen LogP contribution in [0.3, 0.4) is 0 Å². The van der Waals surface area contributed by atoms with Gasteiger partial charge in [0.25, 0.3) is 0 Å². The summed E-state index contributed by atoms with van der Waals surface area (Å²) in [6, 6.07) is 6.85. The molecule has 2 aromatic rings. The lowest BCUT2D eigenvalue weighted by Crippen LogP contribution is -2.45. The summed E-state index contributed by atoms with van der Waals surface area (Å²) in [5.41, 5.74) is -0.104. The zero-order valence-electron chi connectivity index (χ0n) is 17.9.